The van der Waals surface area contributed by atoms with Gasteiger partial charge in [-0.2, -0.15) is 0 Å². The van der Waals surface area contributed by atoms with E-state index in [1.165, 1.54) is 18.4 Å². The normalized spacial score (nSPS) is 20.8. The molecule has 3 rings (SSSR count). The molecular formula is C16H22N2O. The highest BCUT2D eigenvalue weighted by atomic mass is 16.2. The summed E-state index contributed by atoms with van der Waals surface area (Å²) >= 11 is 0. The molecule has 3 nitrogen and oxygen atoms in total. The predicted octanol–water partition coefficient (Wildman–Crippen LogP) is 2.35. The van der Waals surface area contributed by atoms with E-state index in [1.54, 1.807) is 0 Å². The molecule has 0 bridgehead atoms. The first-order valence-electron chi connectivity index (χ1n) is 7.39. The van der Waals surface area contributed by atoms with Gasteiger partial charge in [-0.25, -0.2) is 0 Å². The van der Waals surface area contributed by atoms with E-state index < -0.39 is 0 Å². The van der Waals surface area contributed by atoms with Crippen molar-refractivity contribution in [3.63, 3.8) is 0 Å². The summed E-state index contributed by atoms with van der Waals surface area (Å²) < 4.78 is 0. The predicted molar refractivity (Wildman–Crippen MR) is 75.7 cm³/mol. The summed E-state index contributed by atoms with van der Waals surface area (Å²) in [6, 6.07) is 10.8. The van der Waals surface area contributed by atoms with Crippen molar-refractivity contribution in [3.8, 4) is 0 Å². The van der Waals surface area contributed by atoms with Crippen molar-refractivity contribution in [1.29, 1.82) is 0 Å². The second-order valence-corrected chi connectivity index (χ2v) is 5.76. The summed E-state index contributed by atoms with van der Waals surface area (Å²) in [5.41, 5.74) is 1.29. The van der Waals surface area contributed by atoms with Crippen molar-refractivity contribution >= 4 is 5.91 Å². The van der Waals surface area contributed by atoms with E-state index >= 15 is 0 Å². The lowest BCUT2D eigenvalue weighted by molar-refractivity contribution is -0.128. The van der Waals surface area contributed by atoms with Gasteiger partial charge in [0.2, 0.25) is 5.91 Å². The molecule has 0 radical (unpaired) electrons. The number of amides is 1. The molecule has 1 heterocycles. The van der Waals surface area contributed by atoms with Crippen LogP contribution in [0.3, 0.4) is 0 Å². The van der Waals surface area contributed by atoms with Crippen molar-refractivity contribution in [2.45, 2.75) is 31.7 Å². The lowest BCUT2D eigenvalue weighted by atomic mass is 10.1. The van der Waals surface area contributed by atoms with Crippen LogP contribution in [0, 0.1) is 5.92 Å². The Morgan fingerprint density at radius 2 is 2.05 bits per heavy atom. The Labute approximate surface area is 115 Å². The Bertz CT molecular complexity index is 428. The van der Waals surface area contributed by atoms with E-state index in [1.807, 2.05) is 11.0 Å². The van der Waals surface area contributed by atoms with E-state index in [0.29, 0.717) is 5.91 Å². The molecule has 1 aliphatic carbocycles. The third-order valence-electron chi connectivity index (χ3n) is 4.13. The number of carbonyl (C=O) groups excluding carboxylic acids is 1. The molecule has 1 amide bonds. The molecule has 1 atom stereocenters. The van der Waals surface area contributed by atoms with Crippen LogP contribution >= 0.6 is 0 Å². The maximum Gasteiger partial charge on any atom is 0.222 e. The third-order valence-corrected chi connectivity index (χ3v) is 4.13. The van der Waals surface area contributed by atoms with Crippen LogP contribution in [0.25, 0.3) is 0 Å². The molecular weight excluding hydrogens is 236 g/mol. The number of rotatable bonds is 6. The van der Waals surface area contributed by atoms with Crippen LogP contribution in [0.5, 0.6) is 0 Å². The number of likely N-dealkylation sites (tertiary alicyclic amines) is 1. The number of hydrogen-bond acceptors (Lipinski definition) is 2. The number of nitrogens with one attached hydrogen (secondary N) is 1. The van der Waals surface area contributed by atoms with Crippen LogP contribution in [-0.2, 0) is 4.79 Å². The van der Waals surface area contributed by atoms with Gasteiger partial charge in [-0.15, -0.1) is 0 Å². The molecule has 19 heavy (non-hydrogen) atoms. The first-order chi connectivity index (χ1) is 9.33. The zero-order chi connectivity index (χ0) is 13.1. The van der Waals surface area contributed by atoms with Crippen LogP contribution in [0.1, 0.15) is 37.3 Å². The molecule has 1 aromatic rings. The highest BCUT2D eigenvalue weighted by Crippen LogP contribution is 2.29. The zero-order valence-electron chi connectivity index (χ0n) is 11.3. The fourth-order valence-electron chi connectivity index (χ4n) is 2.72. The zero-order valence-corrected chi connectivity index (χ0v) is 11.3. The molecule has 1 saturated carbocycles. The minimum atomic E-state index is 0.281. The second kappa shape index (κ2) is 5.74. The smallest absolute Gasteiger partial charge is 0.222 e. The molecule has 2 fully saturated rings. The van der Waals surface area contributed by atoms with Crippen molar-refractivity contribution < 1.29 is 4.79 Å². The number of carbonyl (C=O) groups is 1. The topological polar surface area (TPSA) is 32.3 Å². The Kier molecular flexibility index (Phi) is 3.83. The quantitative estimate of drug-likeness (QED) is 0.849. The molecule has 0 aromatic heterocycles. The van der Waals surface area contributed by atoms with Gasteiger partial charge in [0.25, 0.3) is 0 Å². The maximum absolute atomic E-state index is 11.8. The molecule has 3 heteroatoms. The highest BCUT2D eigenvalue weighted by Gasteiger charge is 2.26. The van der Waals surface area contributed by atoms with Crippen molar-refractivity contribution in [3.05, 3.63) is 35.9 Å². The van der Waals surface area contributed by atoms with Crippen LogP contribution in [0.15, 0.2) is 30.3 Å². The van der Waals surface area contributed by atoms with E-state index in [4.69, 9.17) is 0 Å². The van der Waals surface area contributed by atoms with E-state index in [0.717, 1.165) is 38.4 Å². The molecule has 0 unspecified atom stereocenters. The standard InChI is InChI=1S/C16H22N2O/c19-16-7-4-10-18(16)12-15(17-11-13-8-9-13)14-5-2-1-3-6-14/h1-3,5-6,13,15,17H,4,7-12H2/t15-/m0/s1. The van der Waals surface area contributed by atoms with Gasteiger partial charge >= 0.3 is 0 Å². The van der Waals surface area contributed by atoms with Crippen molar-refractivity contribution in [2.75, 3.05) is 19.6 Å². The Morgan fingerprint density at radius 3 is 2.68 bits per heavy atom. The van der Waals surface area contributed by atoms with Gasteiger partial charge in [0.05, 0.1) is 0 Å². The van der Waals surface area contributed by atoms with Crippen LogP contribution in [0.4, 0.5) is 0 Å². The van der Waals surface area contributed by atoms with Gasteiger partial charge in [0.1, 0.15) is 0 Å². The van der Waals surface area contributed by atoms with Gasteiger partial charge in [-0.05, 0) is 37.3 Å². The number of nitrogens with zero attached hydrogens (tertiary/aromatic N) is 1. The number of hydrogen-bond donors (Lipinski definition) is 1. The van der Waals surface area contributed by atoms with E-state index in [9.17, 15) is 4.79 Å². The van der Waals surface area contributed by atoms with Crippen LogP contribution in [0.2, 0.25) is 0 Å². The molecule has 0 spiro atoms. The average Bonchev–Trinajstić information content (AvgIpc) is 3.19. The lowest BCUT2D eigenvalue weighted by Gasteiger charge is -2.25. The van der Waals surface area contributed by atoms with Gasteiger partial charge in [0.15, 0.2) is 0 Å². The van der Waals surface area contributed by atoms with Crippen LogP contribution < -0.4 is 5.32 Å². The molecule has 1 aromatic carbocycles. The summed E-state index contributed by atoms with van der Waals surface area (Å²) in [4.78, 5) is 13.8. The molecule has 102 valence electrons. The van der Waals surface area contributed by atoms with Gasteiger partial charge < -0.3 is 10.2 Å². The summed E-state index contributed by atoms with van der Waals surface area (Å²) in [6.07, 6.45) is 4.46. The summed E-state index contributed by atoms with van der Waals surface area (Å²) in [6.45, 7) is 2.82. The summed E-state index contributed by atoms with van der Waals surface area (Å²) in [7, 11) is 0. The first kappa shape index (κ1) is 12.7. The summed E-state index contributed by atoms with van der Waals surface area (Å²) in [5, 5.41) is 3.65. The SMILES string of the molecule is O=C1CCCN1C[C@H](NCC1CC1)c1ccccc1. The monoisotopic (exact) mass is 258 g/mol. The maximum atomic E-state index is 11.8. The Morgan fingerprint density at radius 1 is 1.26 bits per heavy atom. The minimum Gasteiger partial charge on any atom is -0.341 e. The highest BCUT2D eigenvalue weighted by molar-refractivity contribution is 5.78. The minimum absolute atomic E-state index is 0.281. The van der Waals surface area contributed by atoms with Gasteiger partial charge in [-0.3, -0.25) is 4.79 Å². The largest absolute Gasteiger partial charge is 0.341 e. The fraction of sp³-hybridized carbons (Fsp3) is 0.562. The molecule has 1 saturated heterocycles. The number of benzene rings is 1. The molecule has 2 aliphatic rings. The molecule has 1 aliphatic heterocycles. The summed E-state index contributed by atoms with van der Waals surface area (Å²) in [5.74, 6) is 1.18. The van der Waals surface area contributed by atoms with E-state index in [2.05, 4.69) is 29.6 Å². The Balaban J connectivity index is 1.66. The van der Waals surface area contributed by atoms with Crippen molar-refractivity contribution in [2.24, 2.45) is 5.92 Å². The Hall–Kier alpha value is -1.35. The molecule has 1 N–H and O–H groups in total. The lowest BCUT2D eigenvalue weighted by Crippen LogP contribution is -2.36. The second-order valence-electron chi connectivity index (χ2n) is 5.76. The van der Waals surface area contributed by atoms with Gasteiger partial charge in [0, 0.05) is 25.6 Å². The average molecular weight is 258 g/mol. The van der Waals surface area contributed by atoms with Crippen molar-refractivity contribution in [1.82, 2.24) is 10.2 Å². The van der Waals surface area contributed by atoms with Crippen LogP contribution in [-0.4, -0.2) is 30.4 Å². The first-order valence-corrected chi connectivity index (χ1v) is 7.39. The van der Waals surface area contributed by atoms with E-state index in [-0.39, 0.29) is 6.04 Å². The third kappa shape index (κ3) is 3.35. The fourth-order valence-corrected chi connectivity index (χ4v) is 2.72. The van der Waals surface area contributed by atoms with Gasteiger partial charge in [-0.1, -0.05) is 30.3 Å².